The second kappa shape index (κ2) is 5.64. The maximum absolute atomic E-state index is 5.98. The summed E-state index contributed by atoms with van der Waals surface area (Å²) in [6.07, 6.45) is 1.73. The topological polar surface area (TPSA) is 64.3 Å². The third-order valence-electron chi connectivity index (χ3n) is 3.62. The van der Waals surface area contributed by atoms with Crippen LogP contribution in [-0.2, 0) is 4.74 Å². The predicted octanol–water partition coefficient (Wildman–Crippen LogP) is 2.11. The van der Waals surface area contributed by atoms with Gasteiger partial charge in [-0.05, 0) is 24.3 Å². The average Bonchev–Trinajstić information content (AvgIpc) is 2.99. The van der Waals surface area contributed by atoms with Crippen molar-refractivity contribution in [3.8, 4) is 11.4 Å². The standard InChI is InChI=1S/C15H14ClN5O/c16-14-4-5-15-18-8-12(21(15)20-14)10-2-1-3-11(19-10)13-9-17-6-7-22-13/h1-5,8,13,17H,6-7,9H2/t13-/m1/s1. The Morgan fingerprint density at radius 3 is 3.09 bits per heavy atom. The number of nitrogens with zero attached hydrogens (tertiary/aromatic N) is 4. The highest BCUT2D eigenvalue weighted by atomic mass is 35.5. The highest BCUT2D eigenvalue weighted by Crippen LogP contribution is 2.23. The summed E-state index contributed by atoms with van der Waals surface area (Å²) < 4.78 is 7.46. The molecule has 6 nitrogen and oxygen atoms in total. The normalized spacial score (nSPS) is 18.7. The zero-order valence-electron chi connectivity index (χ0n) is 11.7. The fraction of sp³-hybridized carbons (Fsp3) is 0.267. The van der Waals surface area contributed by atoms with Crippen LogP contribution in [0.4, 0.5) is 0 Å². The minimum Gasteiger partial charge on any atom is -0.369 e. The van der Waals surface area contributed by atoms with Crippen LogP contribution < -0.4 is 5.32 Å². The van der Waals surface area contributed by atoms with E-state index in [0.717, 1.165) is 35.8 Å². The Bertz CT molecular complexity index is 813. The van der Waals surface area contributed by atoms with Gasteiger partial charge in [-0.15, -0.1) is 0 Å². The van der Waals surface area contributed by atoms with Crippen molar-refractivity contribution in [2.75, 3.05) is 19.7 Å². The maximum atomic E-state index is 5.98. The van der Waals surface area contributed by atoms with E-state index in [1.165, 1.54) is 0 Å². The molecule has 0 spiro atoms. The van der Waals surface area contributed by atoms with E-state index < -0.39 is 0 Å². The van der Waals surface area contributed by atoms with Crippen molar-refractivity contribution < 1.29 is 4.74 Å². The summed E-state index contributed by atoms with van der Waals surface area (Å²) in [6.45, 7) is 2.35. The van der Waals surface area contributed by atoms with Crippen molar-refractivity contribution in [1.82, 2.24) is 24.9 Å². The number of hydrogen-bond donors (Lipinski definition) is 1. The molecule has 1 atom stereocenters. The van der Waals surface area contributed by atoms with Gasteiger partial charge < -0.3 is 10.1 Å². The number of morpholine rings is 1. The minimum absolute atomic E-state index is 0.0237. The molecule has 22 heavy (non-hydrogen) atoms. The molecule has 3 aromatic heterocycles. The number of halogens is 1. The van der Waals surface area contributed by atoms with Crippen LogP contribution in [0.25, 0.3) is 17.0 Å². The van der Waals surface area contributed by atoms with E-state index in [2.05, 4.69) is 15.4 Å². The first-order valence-corrected chi connectivity index (χ1v) is 7.49. The molecule has 1 aliphatic heterocycles. The van der Waals surface area contributed by atoms with E-state index in [1.54, 1.807) is 16.8 Å². The van der Waals surface area contributed by atoms with Crippen molar-refractivity contribution in [2.45, 2.75) is 6.10 Å². The highest BCUT2D eigenvalue weighted by Gasteiger charge is 2.18. The van der Waals surface area contributed by atoms with Gasteiger partial charge in [0.1, 0.15) is 17.0 Å². The summed E-state index contributed by atoms with van der Waals surface area (Å²) in [5, 5.41) is 8.02. The number of rotatable bonds is 2. The Morgan fingerprint density at radius 1 is 1.27 bits per heavy atom. The third kappa shape index (κ3) is 2.45. The molecule has 1 saturated heterocycles. The van der Waals surface area contributed by atoms with Crippen LogP contribution in [-0.4, -0.2) is 39.3 Å². The highest BCUT2D eigenvalue weighted by molar-refractivity contribution is 6.29. The summed E-state index contributed by atoms with van der Waals surface area (Å²) in [5.74, 6) is 0. The molecule has 0 bridgehead atoms. The molecule has 4 rings (SSSR count). The Hall–Kier alpha value is -2.02. The lowest BCUT2D eigenvalue weighted by Gasteiger charge is -2.23. The summed E-state index contributed by atoms with van der Waals surface area (Å²) in [4.78, 5) is 9.05. The van der Waals surface area contributed by atoms with Gasteiger partial charge in [-0.25, -0.2) is 14.5 Å². The van der Waals surface area contributed by atoms with E-state index in [0.29, 0.717) is 11.8 Å². The van der Waals surface area contributed by atoms with Gasteiger partial charge >= 0.3 is 0 Å². The molecule has 1 aliphatic rings. The number of fused-ring (bicyclic) bond motifs is 1. The molecule has 0 unspecified atom stereocenters. The van der Waals surface area contributed by atoms with Crippen LogP contribution in [0.2, 0.25) is 5.15 Å². The summed E-state index contributed by atoms with van der Waals surface area (Å²) in [7, 11) is 0. The predicted molar refractivity (Wildman–Crippen MR) is 82.8 cm³/mol. The van der Waals surface area contributed by atoms with Gasteiger partial charge in [-0.3, -0.25) is 0 Å². The van der Waals surface area contributed by atoms with Crippen LogP contribution >= 0.6 is 11.6 Å². The lowest BCUT2D eigenvalue weighted by Crippen LogP contribution is -2.33. The first-order chi connectivity index (χ1) is 10.8. The second-order valence-electron chi connectivity index (χ2n) is 5.08. The van der Waals surface area contributed by atoms with Crippen molar-refractivity contribution in [2.24, 2.45) is 0 Å². The first kappa shape index (κ1) is 13.6. The molecule has 0 radical (unpaired) electrons. The molecular weight excluding hydrogens is 302 g/mol. The number of ether oxygens (including phenoxy) is 1. The van der Waals surface area contributed by atoms with E-state index in [-0.39, 0.29) is 6.10 Å². The zero-order valence-corrected chi connectivity index (χ0v) is 12.5. The van der Waals surface area contributed by atoms with E-state index in [9.17, 15) is 0 Å². The maximum Gasteiger partial charge on any atom is 0.154 e. The van der Waals surface area contributed by atoms with Gasteiger partial charge in [0.2, 0.25) is 0 Å². The van der Waals surface area contributed by atoms with Gasteiger partial charge in [0.05, 0.1) is 24.2 Å². The van der Waals surface area contributed by atoms with Crippen LogP contribution in [0.1, 0.15) is 11.8 Å². The Morgan fingerprint density at radius 2 is 2.23 bits per heavy atom. The Balaban J connectivity index is 1.76. The average molecular weight is 316 g/mol. The fourth-order valence-electron chi connectivity index (χ4n) is 2.55. The molecule has 0 aliphatic carbocycles. The molecule has 7 heteroatoms. The summed E-state index contributed by atoms with van der Waals surface area (Å²) >= 11 is 5.98. The molecule has 4 heterocycles. The molecule has 0 saturated carbocycles. The molecule has 1 fully saturated rings. The SMILES string of the molecule is Clc1ccc2ncc(-c3cccc([C@H]4CNCCO4)n3)n2n1. The van der Waals surface area contributed by atoms with Crippen molar-refractivity contribution in [1.29, 1.82) is 0 Å². The fourth-order valence-corrected chi connectivity index (χ4v) is 2.69. The molecule has 1 N–H and O–H groups in total. The number of aromatic nitrogens is 4. The quantitative estimate of drug-likeness (QED) is 0.784. The monoisotopic (exact) mass is 315 g/mol. The summed E-state index contributed by atoms with van der Waals surface area (Å²) in [5.41, 5.74) is 3.25. The number of hydrogen-bond acceptors (Lipinski definition) is 5. The van der Waals surface area contributed by atoms with Gasteiger partial charge in [0, 0.05) is 13.1 Å². The molecular formula is C15H14ClN5O. The molecule has 3 aromatic rings. The van der Waals surface area contributed by atoms with E-state index in [4.69, 9.17) is 21.3 Å². The first-order valence-electron chi connectivity index (χ1n) is 7.11. The number of imidazole rings is 1. The Kier molecular flexibility index (Phi) is 3.49. The van der Waals surface area contributed by atoms with Gasteiger partial charge in [-0.2, -0.15) is 5.10 Å². The molecule has 0 amide bonds. The van der Waals surface area contributed by atoms with E-state index >= 15 is 0 Å². The number of pyridine rings is 1. The Labute approximate surface area is 132 Å². The minimum atomic E-state index is -0.0237. The molecule has 112 valence electrons. The summed E-state index contributed by atoms with van der Waals surface area (Å²) in [6, 6.07) is 9.44. The van der Waals surface area contributed by atoms with Crippen LogP contribution in [0.3, 0.4) is 0 Å². The van der Waals surface area contributed by atoms with Crippen molar-refractivity contribution in [3.05, 3.63) is 47.4 Å². The van der Waals surface area contributed by atoms with Crippen LogP contribution in [0, 0.1) is 0 Å². The van der Waals surface area contributed by atoms with Crippen molar-refractivity contribution >= 4 is 17.2 Å². The van der Waals surface area contributed by atoms with Crippen LogP contribution in [0.15, 0.2) is 36.5 Å². The number of nitrogens with one attached hydrogen (secondary N) is 1. The smallest absolute Gasteiger partial charge is 0.154 e. The van der Waals surface area contributed by atoms with Gasteiger partial charge in [-0.1, -0.05) is 17.7 Å². The van der Waals surface area contributed by atoms with Gasteiger partial charge in [0.15, 0.2) is 5.65 Å². The van der Waals surface area contributed by atoms with Crippen LogP contribution in [0.5, 0.6) is 0 Å². The third-order valence-corrected chi connectivity index (χ3v) is 3.82. The zero-order chi connectivity index (χ0) is 14.9. The van der Waals surface area contributed by atoms with E-state index in [1.807, 2.05) is 24.3 Å². The lowest BCUT2D eigenvalue weighted by atomic mass is 10.2. The van der Waals surface area contributed by atoms with Gasteiger partial charge in [0.25, 0.3) is 0 Å². The molecule has 0 aromatic carbocycles. The lowest BCUT2D eigenvalue weighted by molar-refractivity contribution is 0.0251. The van der Waals surface area contributed by atoms with Crippen molar-refractivity contribution in [3.63, 3.8) is 0 Å². The largest absolute Gasteiger partial charge is 0.369 e. The second-order valence-corrected chi connectivity index (χ2v) is 5.47.